The zero-order valence-corrected chi connectivity index (χ0v) is 17.1. The summed E-state index contributed by atoms with van der Waals surface area (Å²) >= 11 is 0. The van der Waals surface area contributed by atoms with E-state index in [4.69, 9.17) is 4.52 Å². The Morgan fingerprint density at radius 2 is 1.50 bits per heavy atom. The molecule has 2 aromatic heterocycles. The van der Waals surface area contributed by atoms with Gasteiger partial charge in [-0.1, -0.05) is 44.1 Å². The number of benzene rings is 2. The third-order valence-corrected chi connectivity index (χ3v) is 4.95. The Bertz CT molecular complexity index is 1290. The predicted octanol–water partition coefficient (Wildman–Crippen LogP) is 7.22. The van der Waals surface area contributed by atoms with Gasteiger partial charge in [0, 0.05) is 11.5 Å². The van der Waals surface area contributed by atoms with Crippen LogP contribution >= 0.6 is 0 Å². The standard InChI is InChI=1S/C22H17F6N3O/c1-20(2,3)17-10-16(32-31-17)19-29-15-9-11(8-14(18(15)30-19)22(26,27)28)12-6-4-5-7-13(12)21(23,24)25/h4-10H,1-3H3,(H,29,30). The van der Waals surface area contributed by atoms with Crippen molar-refractivity contribution in [2.24, 2.45) is 0 Å². The number of halogens is 6. The van der Waals surface area contributed by atoms with Gasteiger partial charge < -0.3 is 9.51 Å². The molecule has 168 valence electrons. The molecule has 0 saturated carbocycles. The summed E-state index contributed by atoms with van der Waals surface area (Å²) in [5, 5.41) is 3.93. The first-order valence-electron chi connectivity index (χ1n) is 9.50. The van der Waals surface area contributed by atoms with Crippen LogP contribution in [0.3, 0.4) is 0 Å². The van der Waals surface area contributed by atoms with Crippen molar-refractivity contribution in [3.63, 3.8) is 0 Å². The van der Waals surface area contributed by atoms with Gasteiger partial charge in [0.1, 0.15) is 5.52 Å². The lowest BCUT2D eigenvalue weighted by Gasteiger charge is -2.15. The summed E-state index contributed by atoms with van der Waals surface area (Å²) in [7, 11) is 0. The minimum absolute atomic E-state index is 0.00486. The molecule has 0 aliphatic carbocycles. The van der Waals surface area contributed by atoms with Gasteiger partial charge in [0.2, 0.25) is 5.76 Å². The normalized spacial score (nSPS) is 13.2. The molecule has 0 amide bonds. The SMILES string of the molecule is CC(C)(C)c1cc(-c2nc3c(C(F)(F)F)cc(-c4ccccc4C(F)(F)F)cc3[nH]2)on1. The number of aromatic amines is 1. The van der Waals surface area contributed by atoms with Crippen molar-refractivity contribution in [3.8, 4) is 22.7 Å². The molecule has 0 aliphatic rings. The molecule has 0 unspecified atom stereocenters. The minimum atomic E-state index is -4.84. The highest BCUT2D eigenvalue weighted by Crippen LogP contribution is 2.42. The van der Waals surface area contributed by atoms with E-state index in [0.29, 0.717) is 11.8 Å². The number of alkyl halides is 6. The minimum Gasteiger partial charge on any atom is -0.353 e. The maximum absolute atomic E-state index is 13.8. The molecule has 4 nitrogen and oxygen atoms in total. The van der Waals surface area contributed by atoms with Gasteiger partial charge in [-0.2, -0.15) is 26.3 Å². The van der Waals surface area contributed by atoms with Crippen LogP contribution in [0.1, 0.15) is 37.6 Å². The van der Waals surface area contributed by atoms with Gasteiger partial charge in [0.05, 0.1) is 22.3 Å². The van der Waals surface area contributed by atoms with Gasteiger partial charge in [-0.15, -0.1) is 0 Å². The Labute approximate surface area is 178 Å². The van der Waals surface area contributed by atoms with Crippen molar-refractivity contribution in [1.29, 1.82) is 0 Å². The van der Waals surface area contributed by atoms with Gasteiger partial charge in [-0.3, -0.25) is 0 Å². The van der Waals surface area contributed by atoms with Crippen molar-refractivity contribution in [3.05, 3.63) is 59.3 Å². The lowest BCUT2D eigenvalue weighted by molar-refractivity contribution is -0.137. The Morgan fingerprint density at radius 1 is 0.844 bits per heavy atom. The number of aromatic nitrogens is 3. The van der Waals surface area contributed by atoms with E-state index in [0.717, 1.165) is 12.1 Å². The van der Waals surface area contributed by atoms with E-state index in [1.165, 1.54) is 18.2 Å². The molecule has 0 radical (unpaired) electrons. The van der Waals surface area contributed by atoms with E-state index in [1.807, 2.05) is 20.8 Å². The van der Waals surface area contributed by atoms with Crippen LogP contribution in [-0.4, -0.2) is 15.1 Å². The quantitative estimate of drug-likeness (QED) is 0.326. The maximum atomic E-state index is 13.8. The molecule has 10 heteroatoms. The van der Waals surface area contributed by atoms with Crippen LogP contribution in [0.2, 0.25) is 0 Å². The topological polar surface area (TPSA) is 54.7 Å². The van der Waals surface area contributed by atoms with Crippen molar-refractivity contribution in [2.45, 2.75) is 38.5 Å². The molecule has 0 bridgehead atoms. The van der Waals surface area contributed by atoms with Gasteiger partial charge >= 0.3 is 12.4 Å². The van der Waals surface area contributed by atoms with Crippen molar-refractivity contribution in [1.82, 2.24) is 15.1 Å². The number of H-pyrrole nitrogens is 1. The van der Waals surface area contributed by atoms with E-state index in [1.54, 1.807) is 6.07 Å². The van der Waals surface area contributed by atoms with Crippen molar-refractivity contribution < 1.29 is 30.9 Å². The zero-order chi connectivity index (χ0) is 23.5. The molecule has 0 fully saturated rings. The number of fused-ring (bicyclic) bond motifs is 1. The summed E-state index contributed by atoms with van der Waals surface area (Å²) in [6.45, 7) is 5.66. The third kappa shape index (κ3) is 3.96. The second-order valence-corrected chi connectivity index (χ2v) is 8.37. The zero-order valence-electron chi connectivity index (χ0n) is 17.1. The van der Waals surface area contributed by atoms with Crippen LogP contribution in [0.15, 0.2) is 47.0 Å². The number of hydrogen-bond donors (Lipinski definition) is 1. The molecule has 4 aromatic rings. The smallest absolute Gasteiger partial charge is 0.353 e. The average Bonchev–Trinajstić information content (AvgIpc) is 3.32. The first kappa shape index (κ1) is 21.9. The molecule has 32 heavy (non-hydrogen) atoms. The summed E-state index contributed by atoms with van der Waals surface area (Å²) in [6.07, 6.45) is -9.57. The van der Waals surface area contributed by atoms with E-state index >= 15 is 0 Å². The highest BCUT2D eigenvalue weighted by atomic mass is 19.4. The summed E-state index contributed by atoms with van der Waals surface area (Å²) in [5.41, 5.74) is -3.07. The molecule has 4 rings (SSSR count). The maximum Gasteiger partial charge on any atom is 0.418 e. The Hall–Kier alpha value is -3.30. The second-order valence-electron chi connectivity index (χ2n) is 8.37. The average molecular weight is 453 g/mol. The summed E-state index contributed by atoms with van der Waals surface area (Å²) in [4.78, 5) is 6.75. The van der Waals surface area contributed by atoms with Crippen LogP contribution in [0.4, 0.5) is 26.3 Å². The Balaban J connectivity index is 1.93. The van der Waals surface area contributed by atoms with Crippen LogP contribution in [-0.2, 0) is 17.8 Å². The summed E-state index contributed by atoms with van der Waals surface area (Å²) in [6, 6.07) is 7.93. The monoisotopic (exact) mass is 453 g/mol. The molecule has 2 heterocycles. The molecule has 1 N–H and O–H groups in total. The highest BCUT2D eigenvalue weighted by Gasteiger charge is 2.37. The molecule has 2 aromatic carbocycles. The molecule has 0 atom stereocenters. The number of imidazole rings is 1. The van der Waals surface area contributed by atoms with Crippen LogP contribution in [0, 0.1) is 0 Å². The lowest BCUT2D eigenvalue weighted by atomic mass is 9.92. The van der Waals surface area contributed by atoms with E-state index < -0.39 is 29.0 Å². The molecule has 0 saturated heterocycles. The number of nitrogens with zero attached hydrogens (tertiary/aromatic N) is 2. The van der Waals surface area contributed by atoms with Gasteiger partial charge in [0.15, 0.2) is 5.82 Å². The van der Waals surface area contributed by atoms with Gasteiger partial charge in [-0.05, 0) is 29.3 Å². The number of rotatable bonds is 2. The fraction of sp³-hybridized carbons (Fsp3) is 0.273. The Kier molecular flexibility index (Phi) is 4.87. The number of hydrogen-bond acceptors (Lipinski definition) is 3. The summed E-state index contributed by atoms with van der Waals surface area (Å²) in [5.74, 6) is 0.117. The fourth-order valence-electron chi connectivity index (χ4n) is 3.33. The second kappa shape index (κ2) is 7.11. The first-order chi connectivity index (χ1) is 14.7. The molecular weight excluding hydrogens is 436 g/mol. The van der Waals surface area contributed by atoms with Crippen LogP contribution in [0.5, 0.6) is 0 Å². The van der Waals surface area contributed by atoms with E-state index in [9.17, 15) is 26.3 Å². The number of nitrogens with one attached hydrogen (secondary N) is 1. The van der Waals surface area contributed by atoms with Crippen LogP contribution < -0.4 is 0 Å². The molecular formula is C22H17F6N3O. The predicted molar refractivity (Wildman–Crippen MR) is 106 cm³/mol. The van der Waals surface area contributed by atoms with Crippen molar-refractivity contribution >= 4 is 11.0 Å². The van der Waals surface area contributed by atoms with Gasteiger partial charge in [-0.25, -0.2) is 4.98 Å². The van der Waals surface area contributed by atoms with Gasteiger partial charge in [0.25, 0.3) is 0 Å². The van der Waals surface area contributed by atoms with Crippen LogP contribution in [0.25, 0.3) is 33.7 Å². The Morgan fingerprint density at radius 3 is 2.09 bits per heavy atom. The van der Waals surface area contributed by atoms with Crippen molar-refractivity contribution in [2.75, 3.05) is 0 Å². The molecule has 0 aliphatic heterocycles. The molecule has 0 spiro atoms. The van der Waals surface area contributed by atoms with E-state index in [-0.39, 0.29) is 33.6 Å². The third-order valence-electron chi connectivity index (χ3n) is 4.95. The largest absolute Gasteiger partial charge is 0.418 e. The van der Waals surface area contributed by atoms with E-state index in [2.05, 4.69) is 15.1 Å². The lowest BCUT2D eigenvalue weighted by Crippen LogP contribution is -2.10. The highest BCUT2D eigenvalue weighted by molar-refractivity contribution is 5.88. The summed E-state index contributed by atoms with van der Waals surface area (Å²) < 4.78 is 87.0. The first-order valence-corrected chi connectivity index (χ1v) is 9.50. The fourth-order valence-corrected chi connectivity index (χ4v) is 3.33.